The molecule has 20 heavy (non-hydrogen) atoms. The number of carboxylic acid groups (broad SMARTS) is 1. The lowest BCUT2D eigenvalue weighted by Gasteiger charge is -2.14. The van der Waals surface area contributed by atoms with Gasteiger partial charge in [-0.15, -0.1) is 0 Å². The topological polar surface area (TPSA) is 75.6 Å². The lowest BCUT2D eigenvalue weighted by Crippen LogP contribution is -2.41. The van der Waals surface area contributed by atoms with Crippen molar-refractivity contribution in [2.45, 2.75) is 32.2 Å². The number of hydrogen-bond acceptors (Lipinski definition) is 3. The molecule has 108 valence electrons. The van der Waals surface area contributed by atoms with E-state index in [1.165, 1.54) is 7.11 Å². The maximum atomic E-state index is 12.1. The molecule has 0 saturated heterocycles. The molecule has 0 aromatic heterocycles. The number of hydrogen-bond donors (Lipinski definition) is 2. The molecule has 0 radical (unpaired) electrons. The molecule has 2 rings (SSSR count). The average molecular weight is 277 g/mol. The molecule has 0 heterocycles. The SMILES string of the molecule is COc1cc(C(=O)NC(CC2CC2)C(=O)O)ccc1C. The van der Waals surface area contributed by atoms with Crippen LogP contribution in [0, 0.1) is 12.8 Å². The smallest absolute Gasteiger partial charge is 0.326 e. The molecule has 1 aromatic carbocycles. The van der Waals surface area contributed by atoms with Gasteiger partial charge in [-0.25, -0.2) is 4.79 Å². The Balaban J connectivity index is 2.07. The Morgan fingerprint density at radius 2 is 2.15 bits per heavy atom. The van der Waals surface area contributed by atoms with Crippen molar-refractivity contribution in [3.05, 3.63) is 29.3 Å². The molecule has 1 saturated carbocycles. The highest BCUT2D eigenvalue weighted by atomic mass is 16.5. The van der Waals surface area contributed by atoms with Crippen molar-refractivity contribution < 1.29 is 19.4 Å². The number of carboxylic acids is 1. The Morgan fingerprint density at radius 3 is 2.70 bits per heavy atom. The third-order valence-electron chi connectivity index (χ3n) is 3.54. The third-order valence-corrected chi connectivity index (χ3v) is 3.54. The molecule has 1 amide bonds. The summed E-state index contributed by atoms with van der Waals surface area (Å²) in [5.41, 5.74) is 1.34. The lowest BCUT2D eigenvalue weighted by molar-refractivity contribution is -0.139. The zero-order chi connectivity index (χ0) is 14.7. The molecule has 1 aliphatic carbocycles. The fraction of sp³-hybridized carbons (Fsp3) is 0.467. The Morgan fingerprint density at radius 1 is 1.45 bits per heavy atom. The quantitative estimate of drug-likeness (QED) is 0.833. The van der Waals surface area contributed by atoms with Crippen molar-refractivity contribution in [3.8, 4) is 5.75 Å². The largest absolute Gasteiger partial charge is 0.496 e. The summed E-state index contributed by atoms with van der Waals surface area (Å²) in [6.07, 6.45) is 2.61. The second-order valence-electron chi connectivity index (χ2n) is 5.23. The fourth-order valence-electron chi connectivity index (χ4n) is 2.11. The highest BCUT2D eigenvalue weighted by molar-refractivity contribution is 5.97. The molecule has 1 fully saturated rings. The molecule has 1 aromatic rings. The van der Waals surface area contributed by atoms with E-state index in [-0.39, 0.29) is 5.91 Å². The monoisotopic (exact) mass is 277 g/mol. The molecule has 2 N–H and O–H groups in total. The van der Waals surface area contributed by atoms with Gasteiger partial charge in [0.15, 0.2) is 0 Å². The Labute approximate surface area is 117 Å². The third kappa shape index (κ3) is 3.50. The molecular weight excluding hydrogens is 258 g/mol. The highest BCUT2D eigenvalue weighted by Crippen LogP contribution is 2.33. The summed E-state index contributed by atoms with van der Waals surface area (Å²) in [6, 6.07) is 4.26. The van der Waals surface area contributed by atoms with E-state index < -0.39 is 12.0 Å². The molecule has 1 atom stereocenters. The van der Waals surface area contributed by atoms with Crippen LogP contribution in [0.3, 0.4) is 0 Å². The van der Waals surface area contributed by atoms with Crippen LogP contribution in [0.25, 0.3) is 0 Å². The van der Waals surface area contributed by atoms with E-state index in [2.05, 4.69) is 5.32 Å². The summed E-state index contributed by atoms with van der Waals surface area (Å²) < 4.78 is 5.17. The van der Waals surface area contributed by atoms with Crippen LogP contribution in [0.5, 0.6) is 5.75 Å². The summed E-state index contributed by atoms with van der Waals surface area (Å²) >= 11 is 0. The van der Waals surface area contributed by atoms with Gasteiger partial charge in [-0.2, -0.15) is 0 Å². The minimum absolute atomic E-state index is 0.378. The van der Waals surface area contributed by atoms with Gasteiger partial charge >= 0.3 is 5.97 Å². The van der Waals surface area contributed by atoms with E-state index in [1.807, 2.05) is 6.92 Å². The van der Waals surface area contributed by atoms with Crippen molar-refractivity contribution in [1.82, 2.24) is 5.32 Å². The van der Waals surface area contributed by atoms with Crippen molar-refractivity contribution >= 4 is 11.9 Å². The summed E-state index contributed by atoms with van der Waals surface area (Å²) in [6.45, 7) is 1.88. The molecule has 5 heteroatoms. The number of amides is 1. The number of methoxy groups -OCH3 is 1. The number of aliphatic carboxylic acids is 1. The van der Waals surface area contributed by atoms with Gasteiger partial charge in [0, 0.05) is 5.56 Å². The summed E-state index contributed by atoms with van der Waals surface area (Å²) in [5.74, 6) is -0.309. The van der Waals surface area contributed by atoms with E-state index in [0.29, 0.717) is 23.7 Å². The normalized spacial score (nSPS) is 15.5. The molecule has 1 unspecified atom stereocenters. The second-order valence-corrected chi connectivity index (χ2v) is 5.23. The summed E-state index contributed by atoms with van der Waals surface area (Å²) in [4.78, 5) is 23.3. The van der Waals surface area contributed by atoms with E-state index in [0.717, 1.165) is 18.4 Å². The number of rotatable bonds is 6. The van der Waals surface area contributed by atoms with Gasteiger partial charge in [0.25, 0.3) is 5.91 Å². The number of nitrogens with one attached hydrogen (secondary N) is 1. The first kappa shape index (κ1) is 14.4. The predicted octanol–water partition coefficient (Wildman–Crippen LogP) is 1.99. The Hall–Kier alpha value is -2.04. The van der Waals surface area contributed by atoms with Crippen LogP contribution in [0.1, 0.15) is 35.2 Å². The van der Waals surface area contributed by atoms with Crippen LogP contribution in [-0.2, 0) is 4.79 Å². The maximum absolute atomic E-state index is 12.1. The van der Waals surface area contributed by atoms with Gasteiger partial charge in [0.2, 0.25) is 0 Å². The maximum Gasteiger partial charge on any atom is 0.326 e. The molecule has 0 aliphatic heterocycles. The second kappa shape index (κ2) is 5.94. The molecular formula is C15H19NO4. The summed E-state index contributed by atoms with van der Waals surface area (Å²) in [5, 5.41) is 11.7. The average Bonchev–Trinajstić information content (AvgIpc) is 3.22. The van der Waals surface area contributed by atoms with E-state index >= 15 is 0 Å². The van der Waals surface area contributed by atoms with Gasteiger partial charge in [0.1, 0.15) is 11.8 Å². The van der Waals surface area contributed by atoms with Gasteiger partial charge in [-0.3, -0.25) is 4.79 Å². The minimum atomic E-state index is -0.982. The standard InChI is InChI=1S/C15H19NO4/c1-9-3-6-11(8-13(9)20-2)14(17)16-12(15(18)19)7-10-4-5-10/h3,6,8,10,12H,4-5,7H2,1-2H3,(H,16,17)(H,18,19). The highest BCUT2D eigenvalue weighted by Gasteiger charge is 2.30. The van der Waals surface area contributed by atoms with Crippen LogP contribution in [0.4, 0.5) is 0 Å². The molecule has 0 bridgehead atoms. The van der Waals surface area contributed by atoms with Crippen LogP contribution in [0.2, 0.25) is 0 Å². The van der Waals surface area contributed by atoms with Gasteiger partial charge in [0.05, 0.1) is 7.11 Å². The van der Waals surface area contributed by atoms with Crippen molar-refractivity contribution in [1.29, 1.82) is 0 Å². The van der Waals surface area contributed by atoms with Crippen LogP contribution >= 0.6 is 0 Å². The van der Waals surface area contributed by atoms with Crippen LogP contribution < -0.4 is 10.1 Å². The number of aryl methyl sites for hydroxylation is 1. The number of carbonyl (C=O) groups excluding carboxylic acids is 1. The van der Waals surface area contributed by atoms with Gasteiger partial charge < -0.3 is 15.2 Å². The van der Waals surface area contributed by atoms with E-state index in [4.69, 9.17) is 9.84 Å². The lowest BCUT2D eigenvalue weighted by atomic mass is 10.1. The fourth-order valence-corrected chi connectivity index (χ4v) is 2.11. The first-order valence-corrected chi connectivity index (χ1v) is 6.69. The first-order chi connectivity index (χ1) is 9.51. The number of carbonyl (C=O) groups is 2. The zero-order valence-electron chi connectivity index (χ0n) is 11.7. The zero-order valence-corrected chi connectivity index (χ0v) is 11.7. The molecule has 1 aliphatic rings. The van der Waals surface area contributed by atoms with Crippen molar-refractivity contribution in [2.75, 3.05) is 7.11 Å². The number of benzene rings is 1. The Bertz CT molecular complexity index is 523. The predicted molar refractivity (Wildman–Crippen MR) is 74.0 cm³/mol. The molecule has 0 spiro atoms. The summed E-state index contributed by atoms with van der Waals surface area (Å²) in [7, 11) is 1.54. The van der Waals surface area contributed by atoms with Gasteiger partial charge in [-0.1, -0.05) is 18.9 Å². The van der Waals surface area contributed by atoms with Crippen molar-refractivity contribution in [3.63, 3.8) is 0 Å². The number of ether oxygens (including phenoxy) is 1. The van der Waals surface area contributed by atoms with Gasteiger partial charge in [-0.05, 0) is 37.0 Å². The van der Waals surface area contributed by atoms with Crippen molar-refractivity contribution in [2.24, 2.45) is 5.92 Å². The van der Waals surface area contributed by atoms with E-state index in [1.54, 1.807) is 18.2 Å². The first-order valence-electron chi connectivity index (χ1n) is 6.69. The molecule has 5 nitrogen and oxygen atoms in total. The Kier molecular flexibility index (Phi) is 4.27. The van der Waals surface area contributed by atoms with Crippen LogP contribution in [-0.4, -0.2) is 30.1 Å². The van der Waals surface area contributed by atoms with Crippen LogP contribution in [0.15, 0.2) is 18.2 Å². The van der Waals surface area contributed by atoms with E-state index in [9.17, 15) is 9.59 Å². The minimum Gasteiger partial charge on any atom is -0.496 e.